The summed E-state index contributed by atoms with van der Waals surface area (Å²) in [7, 11) is -4.60. The summed E-state index contributed by atoms with van der Waals surface area (Å²) < 4.78 is 33.1. The smallest absolute Gasteiger partial charge is 0.291 e. The number of allylic oxidation sites excluding steroid dienone is 2. The quantitative estimate of drug-likeness (QED) is 0.227. The van der Waals surface area contributed by atoms with Gasteiger partial charge in [-0.05, 0) is 55.0 Å². The number of hydrogen-bond acceptors (Lipinski definition) is 8. The molecular formula is C28H41N7O4SSi. The van der Waals surface area contributed by atoms with E-state index in [-0.39, 0.29) is 24.2 Å². The molecule has 0 bridgehead atoms. The zero-order valence-electron chi connectivity index (χ0n) is 24.3. The fourth-order valence-electron chi connectivity index (χ4n) is 4.94. The number of rotatable bonds is 11. The van der Waals surface area contributed by atoms with E-state index in [1.54, 1.807) is 10.8 Å². The minimum Gasteiger partial charge on any atom is -0.361 e. The molecule has 1 amide bonds. The molecular weight excluding hydrogens is 559 g/mol. The summed E-state index contributed by atoms with van der Waals surface area (Å²) in [6.07, 6.45) is 8.54. The SMILES string of the molecule is C[Si](C)(C)CCOCn1cc(C#N)nc1C(=O)Nc1ccc(C2CNC(NS(C)(=O)=O)NC2)cc1C1=CCCCC1. The highest BCUT2D eigenvalue weighted by molar-refractivity contribution is 7.88. The van der Waals surface area contributed by atoms with E-state index in [4.69, 9.17) is 4.74 Å². The van der Waals surface area contributed by atoms with Crippen LogP contribution in [0.5, 0.6) is 0 Å². The van der Waals surface area contributed by atoms with Crippen LogP contribution in [0.4, 0.5) is 5.69 Å². The van der Waals surface area contributed by atoms with Gasteiger partial charge in [0.15, 0.2) is 5.69 Å². The highest BCUT2D eigenvalue weighted by Crippen LogP contribution is 2.34. The monoisotopic (exact) mass is 599 g/mol. The third kappa shape index (κ3) is 9.06. The molecule has 1 aromatic heterocycles. The van der Waals surface area contributed by atoms with E-state index in [1.807, 2.05) is 18.2 Å². The van der Waals surface area contributed by atoms with Crippen LogP contribution >= 0.6 is 0 Å². The number of aromatic nitrogens is 2. The lowest BCUT2D eigenvalue weighted by atomic mass is 9.88. The van der Waals surface area contributed by atoms with Crippen LogP contribution in [0.15, 0.2) is 30.5 Å². The van der Waals surface area contributed by atoms with E-state index in [0.29, 0.717) is 25.4 Å². The summed E-state index contributed by atoms with van der Waals surface area (Å²) in [5.41, 5.74) is 4.10. The molecule has 0 atom stereocenters. The lowest BCUT2D eigenvalue weighted by Gasteiger charge is -2.32. The van der Waals surface area contributed by atoms with Crippen molar-refractivity contribution in [1.82, 2.24) is 24.9 Å². The summed E-state index contributed by atoms with van der Waals surface area (Å²) >= 11 is 0. The Morgan fingerprint density at radius 3 is 2.63 bits per heavy atom. The lowest BCUT2D eigenvalue weighted by molar-refractivity contribution is 0.0808. The minimum absolute atomic E-state index is 0.116. The van der Waals surface area contributed by atoms with Gasteiger partial charge >= 0.3 is 0 Å². The number of benzene rings is 1. The zero-order chi connectivity index (χ0) is 29.6. The topological polar surface area (TPSA) is 150 Å². The van der Waals surface area contributed by atoms with Gasteiger partial charge in [0.05, 0.1) is 6.26 Å². The number of imidazole rings is 1. The Labute approximate surface area is 243 Å². The Balaban J connectivity index is 1.53. The molecule has 0 saturated carbocycles. The van der Waals surface area contributed by atoms with Crippen LogP contribution in [0.1, 0.15) is 59.0 Å². The summed E-state index contributed by atoms with van der Waals surface area (Å²) in [6.45, 7) is 8.76. The first-order chi connectivity index (χ1) is 19.4. The van der Waals surface area contributed by atoms with Gasteiger partial charge in [0, 0.05) is 51.1 Å². The van der Waals surface area contributed by atoms with Crippen LogP contribution in [0, 0.1) is 11.3 Å². The molecule has 2 aliphatic rings. The second-order valence-corrected chi connectivity index (χ2v) is 19.4. The number of sulfonamides is 1. The molecule has 13 heteroatoms. The molecule has 2 heterocycles. The molecule has 1 fully saturated rings. The average Bonchev–Trinajstić information content (AvgIpc) is 3.34. The molecule has 4 rings (SSSR count). The Hall–Kier alpha value is -2.86. The van der Waals surface area contributed by atoms with Crippen LogP contribution < -0.4 is 20.7 Å². The Kier molecular flexibility index (Phi) is 10.2. The maximum absolute atomic E-state index is 13.5. The summed E-state index contributed by atoms with van der Waals surface area (Å²) in [5.74, 6) is -0.153. The number of hydrogen-bond donors (Lipinski definition) is 4. The molecule has 1 aliphatic heterocycles. The molecule has 41 heavy (non-hydrogen) atoms. The van der Waals surface area contributed by atoms with Gasteiger partial charge in [-0.2, -0.15) is 9.98 Å². The number of ether oxygens (including phenoxy) is 1. The van der Waals surface area contributed by atoms with Crippen LogP contribution in [0.2, 0.25) is 25.7 Å². The van der Waals surface area contributed by atoms with E-state index >= 15 is 0 Å². The van der Waals surface area contributed by atoms with Crippen molar-refractivity contribution in [3.63, 3.8) is 0 Å². The number of carbonyl (C=O) groups is 1. The van der Waals surface area contributed by atoms with Crippen molar-refractivity contribution in [1.29, 1.82) is 5.26 Å². The highest BCUT2D eigenvalue weighted by Gasteiger charge is 2.25. The van der Waals surface area contributed by atoms with Gasteiger partial charge in [-0.25, -0.2) is 13.4 Å². The van der Waals surface area contributed by atoms with Gasteiger partial charge in [-0.15, -0.1) is 0 Å². The largest absolute Gasteiger partial charge is 0.361 e. The number of nitriles is 1. The van der Waals surface area contributed by atoms with E-state index < -0.39 is 30.3 Å². The highest BCUT2D eigenvalue weighted by atomic mass is 32.2. The Bertz CT molecular complexity index is 1420. The second-order valence-electron chi connectivity index (χ2n) is 12.0. The number of nitrogens with zero attached hydrogens (tertiary/aromatic N) is 3. The van der Waals surface area contributed by atoms with Crippen molar-refractivity contribution in [2.24, 2.45) is 0 Å². The van der Waals surface area contributed by atoms with Gasteiger partial charge in [0.2, 0.25) is 15.8 Å². The van der Waals surface area contributed by atoms with Crippen molar-refractivity contribution < 1.29 is 17.9 Å². The van der Waals surface area contributed by atoms with Gasteiger partial charge in [-0.1, -0.05) is 31.8 Å². The molecule has 1 aromatic carbocycles. The first kappa shape index (κ1) is 31.1. The van der Waals surface area contributed by atoms with Gasteiger partial charge in [0.1, 0.15) is 19.1 Å². The van der Waals surface area contributed by atoms with Crippen LogP contribution in [-0.4, -0.2) is 64.2 Å². The van der Waals surface area contributed by atoms with Crippen molar-refractivity contribution in [3.05, 3.63) is 53.1 Å². The molecule has 0 radical (unpaired) electrons. The third-order valence-corrected chi connectivity index (χ3v) is 9.56. The maximum Gasteiger partial charge on any atom is 0.291 e. The van der Waals surface area contributed by atoms with Crippen molar-refractivity contribution in [3.8, 4) is 6.07 Å². The predicted molar refractivity (Wildman–Crippen MR) is 162 cm³/mol. The average molecular weight is 600 g/mol. The van der Waals surface area contributed by atoms with Gasteiger partial charge in [0.25, 0.3) is 5.91 Å². The molecule has 0 spiro atoms. The first-order valence-electron chi connectivity index (χ1n) is 14.1. The first-order valence-corrected chi connectivity index (χ1v) is 19.7. The van der Waals surface area contributed by atoms with Crippen molar-refractivity contribution >= 4 is 35.3 Å². The number of carbonyl (C=O) groups excluding carboxylic acids is 1. The summed E-state index contributed by atoms with van der Waals surface area (Å²) in [6, 6.07) is 9.06. The van der Waals surface area contributed by atoms with E-state index in [1.165, 1.54) is 5.57 Å². The summed E-state index contributed by atoms with van der Waals surface area (Å²) in [4.78, 5) is 17.7. The van der Waals surface area contributed by atoms with Gasteiger partial charge in [-0.3, -0.25) is 15.4 Å². The fraction of sp³-hybridized carbons (Fsp3) is 0.536. The fourth-order valence-corrected chi connectivity index (χ4v) is 6.29. The molecule has 222 valence electrons. The van der Waals surface area contributed by atoms with Crippen molar-refractivity contribution in [2.45, 2.75) is 70.3 Å². The maximum atomic E-state index is 13.5. The van der Waals surface area contributed by atoms with Gasteiger partial charge < -0.3 is 14.6 Å². The number of amides is 1. The van der Waals surface area contributed by atoms with E-state index in [9.17, 15) is 18.5 Å². The molecule has 11 nitrogen and oxygen atoms in total. The normalized spacial score (nSPS) is 19.8. The van der Waals surface area contributed by atoms with Crippen LogP contribution in [-0.2, 0) is 21.5 Å². The van der Waals surface area contributed by atoms with Crippen LogP contribution in [0.3, 0.4) is 0 Å². The van der Waals surface area contributed by atoms with E-state index in [2.05, 4.69) is 57.4 Å². The molecule has 2 aromatic rings. The third-order valence-electron chi connectivity index (χ3n) is 7.19. The second kappa shape index (κ2) is 13.4. The Morgan fingerprint density at radius 2 is 2.00 bits per heavy atom. The predicted octanol–water partition coefficient (Wildman–Crippen LogP) is 3.39. The molecule has 0 unspecified atom stereocenters. The standard InChI is InChI=1S/C28H41N7O4SSi/c1-40(37,38)34-28-30-16-22(17-31-28)21-10-11-25(24(14-21)20-8-6-5-7-9-20)33-27(36)26-32-23(15-29)18-35(26)19-39-12-13-41(2,3)4/h8,10-11,14,18,22,28,30-31,34H,5-7,9,12-13,16-17,19H2,1-4H3,(H,33,36). The van der Waals surface area contributed by atoms with Crippen molar-refractivity contribution in [2.75, 3.05) is 31.3 Å². The zero-order valence-corrected chi connectivity index (χ0v) is 26.1. The number of anilines is 1. The molecule has 1 saturated heterocycles. The molecule has 4 N–H and O–H groups in total. The Morgan fingerprint density at radius 1 is 1.24 bits per heavy atom. The number of nitrogens with one attached hydrogen (secondary N) is 4. The summed E-state index contributed by atoms with van der Waals surface area (Å²) in [5, 5.41) is 18.9. The minimum atomic E-state index is -3.34. The lowest BCUT2D eigenvalue weighted by Crippen LogP contribution is -2.60. The van der Waals surface area contributed by atoms with E-state index in [0.717, 1.165) is 49.1 Å². The molecule has 1 aliphatic carbocycles. The van der Waals surface area contributed by atoms with Crippen LogP contribution in [0.25, 0.3) is 5.57 Å².